The van der Waals surface area contributed by atoms with Crippen LogP contribution in [0.15, 0.2) is 36.4 Å². The van der Waals surface area contributed by atoms with Crippen molar-refractivity contribution in [2.45, 2.75) is 6.18 Å². The number of rotatable bonds is 3. The smallest absolute Gasteiger partial charge is 0.416 e. The Morgan fingerprint density at radius 3 is 2.32 bits per heavy atom. The molecule has 4 nitrogen and oxygen atoms in total. The SMILES string of the molecule is O=C(O)c1ccc(Oc2ccc(C(F)(F)F)cc2Cl)cc1O. The maximum Gasteiger partial charge on any atom is 0.416 e. The molecule has 0 aliphatic heterocycles. The standard InChI is InChI=1S/C14H8ClF3O4/c15-10-5-7(14(16,17)18)1-4-12(10)22-8-2-3-9(13(20)21)11(19)6-8/h1-6,19H,(H,20,21). The van der Waals surface area contributed by atoms with Gasteiger partial charge in [0.2, 0.25) is 0 Å². The highest BCUT2D eigenvalue weighted by atomic mass is 35.5. The quantitative estimate of drug-likeness (QED) is 0.865. The summed E-state index contributed by atoms with van der Waals surface area (Å²) < 4.78 is 42.8. The lowest BCUT2D eigenvalue weighted by Crippen LogP contribution is -2.04. The molecule has 0 unspecified atom stereocenters. The predicted molar refractivity (Wildman–Crippen MR) is 71.6 cm³/mol. The second kappa shape index (κ2) is 5.76. The maximum atomic E-state index is 12.5. The molecule has 0 saturated carbocycles. The fraction of sp³-hybridized carbons (Fsp3) is 0.0714. The van der Waals surface area contributed by atoms with Crippen molar-refractivity contribution >= 4 is 17.6 Å². The van der Waals surface area contributed by atoms with Gasteiger partial charge < -0.3 is 14.9 Å². The van der Waals surface area contributed by atoms with Gasteiger partial charge in [0.05, 0.1) is 10.6 Å². The second-order valence-corrected chi connectivity index (χ2v) is 4.64. The number of ether oxygens (including phenoxy) is 1. The van der Waals surface area contributed by atoms with Crippen molar-refractivity contribution in [3.63, 3.8) is 0 Å². The first-order chi connectivity index (χ1) is 10.2. The molecule has 22 heavy (non-hydrogen) atoms. The molecule has 0 atom stereocenters. The van der Waals surface area contributed by atoms with Gasteiger partial charge in [-0.2, -0.15) is 13.2 Å². The number of hydrogen-bond acceptors (Lipinski definition) is 3. The summed E-state index contributed by atoms with van der Waals surface area (Å²) >= 11 is 5.73. The molecule has 2 aromatic rings. The van der Waals surface area contributed by atoms with Crippen LogP contribution < -0.4 is 4.74 Å². The highest BCUT2D eigenvalue weighted by Gasteiger charge is 2.31. The molecule has 2 aromatic carbocycles. The lowest BCUT2D eigenvalue weighted by atomic mass is 10.2. The molecule has 2 N–H and O–H groups in total. The van der Waals surface area contributed by atoms with Crippen LogP contribution in [0.5, 0.6) is 17.2 Å². The molecule has 2 rings (SSSR count). The van der Waals surface area contributed by atoms with Gasteiger partial charge in [0.15, 0.2) is 0 Å². The third kappa shape index (κ3) is 3.43. The zero-order valence-corrected chi connectivity index (χ0v) is 11.4. The number of carboxylic acid groups (broad SMARTS) is 1. The molecule has 116 valence electrons. The van der Waals surface area contributed by atoms with Gasteiger partial charge in [-0.1, -0.05) is 11.6 Å². The molecule has 0 heterocycles. The summed E-state index contributed by atoms with van der Waals surface area (Å²) in [5.41, 5.74) is -1.25. The summed E-state index contributed by atoms with van der Waals surface area (Å²) in [5.74, 6) is -1.88. The van der Waals surface area contributed by atoms with Crippen molar-refractivity contribution in [1.82, 2.24) is 0 Å². The second-order valence-electron chi connectivity index (χ2n) is 4.23. The molecule has 0 aliphatic rings. The monoisotopic (exact) mass is 332 g/mol. The minimum absolute atomic E-state index is 0.0316. The number of phenols is 1. The van der Waals surface area contributed by atoms with Crippen molar-refractivity contribution in [2.24, 2.45) is 0 Å². The van der Waals surface area contributed by atoms with Crippen molar-refractivity contribution in [3.8, 4) is 17.2 Å². The van der Waals surface area contributed by atoms with Gasteiger partial charge >= 0.3 is 12.1 Å². The first-order valence-electron chi connectivity index (χ1n) is 5.79. The summed E-state index contributed by atoms with van der Waals surface area (Å²) in [6.07, 6.45) is -4.52. The minimum Gasteiger partial charge on any atom is -0.507 e. The average Bonchev–Trinajstić information content (AvgIpc) is 2.39. The maximum absolute atomic E-state index is 12.5. The molecular weight excluding hydrogens is 325 g/mol. The number of alkyl halides is 3. The number of benzene rings is 2. The lowest BCUT2D eigenvalue weighted by molar-refractivity contribution is -0.137. The number of hydrogen-bond donors (Lipinski definition) is 2. The van der Waals surface area contributed by atoms with Crippen molar-refractivity contribution in [1.29, 1.82) is 0 Å². The number of carbonyl (C=O) groups is 1. The van der Waals surface area contributed by atoms with Crippen molar-refractivity contribution < 1.29 is 32.9 Å². The van der Waals surface area contributed by atoms with Crippen LogP contribution in [0.3, 0.4) is 0 Å². The fourth-order valence-corrected chi connectivity index (χ4v) is 1.86. The van der Waals surface area contributed by atoms with Gasteiger partial charge in [-0.25, -0.2) is 4.79 Å². The first kappa shape index (κ1) is 16.0. The van der Waals surface area contributed by atoms with E-state index in [0.29, 0.717) is 6.07 Å². The molecule has 0 saturated heterocycles. The van der Waals surface area contributed by atoms with E-state index in [1.807, 2.05) is 0 Å². The normalized spacial score (nSPS) is 11.3. The third-order valence-corrected chi connectivity index (χ3v) is 2.98. The van der Waals surface area contributed by atoms with Gasteiger partial charge in [0.25, 0.3) is 0 Å². The van der Waals surface area contributed by atoms with E-state index in [2.05, 4.69) is 0 Å². The Labute approximate surface area is 127 Å². The van der Waals surface area contributed by atoms with Crippen molar-refractivity contribution in [3.05, 3.63) is 52.5 Å². The summed E-state index contributed by atoms with van der Waals surface area (Å²) in [6, 6.07) is 5.92. The Balaban J connectivity index is 2.28. The van der Waals surface area contributed by atoms with Crippen LogP contribution in [0.2, 0.25) is 5.02 Å². The van der Waals surface area contributed by atoms with Gasteiger partial charge in [-0.05, 0) is 30.3 Å². The molecule has 0 aliphatic carbocycles. The predicted octanol–water partition coefficient (Wildman–Crippen LogP) is 4.55. The van der Waals surface area contributed by atoms with Crippen molar-refractivity contribution in [2.75, 3.05) is 0 Å². The Morgan fingerprint density at radius 1 is 1.14 bits per heavy atom. The van der Waals surface area contributed by atoms with Gasteiger partial charge in [0, 0.05) is 6.07 Å². The number of aromatic hydroxyl groups is 1. The molecule has 0 fully saturated rings. The average molecular weight is 333 g/mol. The number of halogens is 4. The van der Waals surface area contributed by atoms with Crippen LogP contribution in [-0.2, 0) is 6.18 Å². The van der Waals surface area contributed by atoms with E-state index in [0.717, 1.165) is 24.3 Å². The summed E-state index contributed by atoms with van der Waals surface area (Å²) in [7, 11) is 0. The van der Waals surface area contributed by atoms with Crippen LogP contribution in [0.4, 0.5) is 13.2 Å². The Hall–Kier alpha value is -2.41. The highest BCUT2D eigenvalue weighted by Crippen LogP contribution is 2.37. The summed E-state index contributed by atoms with van der Waals surface area (Å²) in [4.78, 5) is 10.7. The van der Waals surface area contributed by atoms with Gasteiger partial charge in [-0.15, -0.1) is 0 Å². The van der Waals surface area contributed by atoms with E-state index < -0.39 is 23.5 Å². The number of aromatic carboxylic acids is 1. The fourth-order valence-electron chi connectivity index (χ4n) is 1.64. The molecule has 8 heteroatoms. The van der Waals surface area contributed by atoms with E-state index in [-0.39, 0.29) is 22.1 Å². The third-order valence-electron chi connectivity index (χ3n) is 2.69. The zero-order valence-electron chi connectivity index (χ0n) is 10.7. The number of carboxylic acids is 1. The van der Waals surface area contributed by atoms with E-state index >= 15 is 0 Å². The minimum atomic E-state index is -4.52. The molecular formula is C14H8ClF3O4. The zero-order chi connectivity index (χ0) is 16.5. The van der Waals surface area contributed by atoms with Crippen LogP contribution in [0.1, 0.15) is 15.9 Å². The Kier molecular flexibility index (Phi) is 4.18. The Morgan fingerprint density at radius 2 is 1.82 bits per heavy atom. The van der Waals surface area contributed by atoms with Gasteiger partial charge in [-0.3, -0.25) is 0 Å². The molecule has 0 spiro atoms. The summed E-state index contributed by atoms with van der Waals surface area (Å²) in [5, 5.41) is 18.0. The lowest BCUT2D eigenvalue weighted by Gasteiger charge is -2.11. The molecule has 0 radical (unpaired) electrons. The van der Waals surface area contributed by atoms with Crippen LogP contribution >= 0.6 is 11.6 Å². The molecule has 0 bridgehead atoms. The molecule has 0 amide bonds. The van der Waals surface area contributed by atoms with Gasteiger partial charge in [0.1, 0.15) is 22.8 Å². The summed E-state index contributed by atoms with van der Waals surface area (Å²) in [6.45, 7) is 0. The molecule has 0 aromatic heterocycles. The van der Waals surface area contributed by atoms with E-state index in [4.69, 9.17) is 21.4 Å². The van der Waals surface area contributed by atoms with Crippen LogP contribution in [0.25, 0.3) is 0 Å². The van der Waals surface area contributed by atoms with Crippen LogP contribution in [0, 0.1) is 0 Å². The van der Waals surface area contributed by atoms with Crippen LogP contribution in [-0.4, -0.2) is 16.2 Å². The topological polar surface area (TPSA) is 66.8 Å². The van der Waals surface area contributed by atoms with E-state index in [9.17, 15) is 23.1 Å². The first-order valence-corrected chi connectivity index (χ1v) is 6.17. The van der Waals surface area contributed by atoms with E-state index in [1.165, 1.54) is 6.07 Å². The Bertz CT molecular complexity index is 729. The van der Waals surface area contributed by atoms with E-state index in [1.54, 1.807) is 0 Å². The highest BCUT2D eigenvalue weighted by molar-refractivity contribution is 6.32. The largest absolute Gasteiger partial charge is 0.507 e.